The van der Waals surface area contributed by atoms with E-state index >= 15 is 0 Å². The normalized spacial score (nSPS) is 10.4. The van der Waals surface area contributed by atoms with Gasteiger partial charge < -0.3 is 15.2 Å². The standard InChI is InChI=1S/C12H16N2O5/c15-6-8-19-7-5-13-9-12(16)10-1-3-11(4-2-10)14(17)18/h1-4,13,15H,5-9H2. The van der Waals surface area contributed by atoms with Crippen LogP contribution in [0.15, 0.2) is 24.3 Å². The van der Waals surface area contributed by atoms with Crippen molar-refractivity contribution < 1.29 is 19.6 Å². The minimum atomic E-state index is -0.509. The molecule has 0 aromatic heterocycles. The maximum absolute atomic E-state index is 11.7. The van der Waals surface area contributed by atoms with Crippen LogP contribution >= 0.6 is 0 Å². The van der Waals surface area contributed by atoms with Crippen molar-refractivity contribution in [1.29, 1.82) is 0 Å². The number of nitrogens with zero attached hydrogens (tertiary/aromatic N) is 1. The highest BCUT2D eigenvalue weighted by Gasteiger charge is 2.08. The third kappa shape index (κ3) is 5.56. The molecule has 0 amide bonds. The van der Waals surface area contributed by atoms with Crippen LogP contribution < -0.4 is 5.32 Å². The van der Waals surface area contributed by atoms with Crippen molar-refractivity contribution in [2.75, 3.05) is 32.9 Å². The molecule has 0 saturated heterocycles. The maximum atomic E-state index is 11.7. The lowest BCUT2D eigenvalue weighted by Crippen LogP contribution is -2.26. The van der Waals surface area contributed by atoms with E-state index in [4.69, 9.17) is 9.84 Å². The van der Waals surface area contributed by atoms with Crippen LogP contribution in [0.2, 0.25) is 0 Å². The number of benzene rings is 1. The molecule has 0 aliphatic rings. The maximum Gasteiger partial charge on any atom is 0.269 e. The molecule has 7 heteroatoms. The van der Waals surface area contributed by atoms with Crippen molar-refractivity contribution in [3.8, 4) is 0 Å². The summed E-state index contributed by atoms with van der Waals surface area (Å²) in [5.74, 6) is -0.142. The quantitative estimate of drug-likeness (QED) is 0.290. The second-order valence-corrected chi connectivity index (χ2v) is 3.74. The fraction of sp³-hybridized carbons (Fsp3) is 0.417. The number of ketones is 1. The summed E-state index contributed by atoms with van der Waals surface area (Å²) >= 11 is 0. The average molecular weight is 268 g/mol. The Hall–Kier alpha value is -1.83. The van der Waals surface area contributed by atoms with Crippen molar-refractivity contribution >= 4 is 11.5 Å². The van der Waals surface area contributed by atoms with Crippen LogP contribution in [0.3, 0.4) is 0 Å². The smallest absolute Gasteiger partial charge is 0.269 e. The van der Waals surface area contributed by atoms with Crippen molar-refractivity contribution in [1.82, 2.24) is 5.32 Å². The molecule has 0 saturated carbocycles. The molecule has 7 nitrogen and oxygen atoms in total. The molecule has 0 unspecified atom stereocenters. The summed E-state index contributed by atoms with van der Waals surface area (Å²) in [4.78, 5) is 21.6. The molecular weight excluding hydrogens is 252 g/mol. The fourth-order valence-corrected chi connectivity index (χ4v) is 1.38. The first-order valence-electron chi connectivity index (χ1n) is 5.82. The number of hydrogen-bond donors (Lipinski definition) is 2. The molecule has 0 aliphatic heterocycles. The molecule has 0 atom stereocenters. The van der Waals surface area contributed by atoms with E-state index in [2.05, 4.69) is 5.32 Å². The number of carbonyl (C=O) groups is 1. The van der Waals surface area contributed by atoms with Crippen LogP contribution in [0.5, 0.6) is 0 Å². The van der Waals surface area contributed by atoms with E-state index < -0.39 is 4.92 Å². The van der Waals surface area contributed by atoms with E-state index in [9.17, 15) is 14.9 Å². The lowest BCUT2D eigenvalue weighted by atomic mass is 10.1. The van der Waals surface area contributed by atoms with E-state index in [-0.39, 0.29) is 31.2 Å². The highest BCUT2D eigenvalue weighted by atomic mass is 16.6. The zero-order valence-corrected chi connectivity index (χ0v) is 10.4. The lowest BCUT2D eigenvalue weighted by molar-refractivity contribution is -0.384. The fourth-order valence-electron chi connectivity index (χ4n) is 1.38. The molecule has 0 heterocycles. The first-order chi connectivity index (χ1) is 9.15. The van der Waals surface area contributed by atoms with Gasteiger partial charge in [-0.1, -0.05) is 0 Å². The Morgan fingerprint density at radius 3 is 2.58 bits per heavy atom. The number of aliphatic hydroxyl groups is 1. The largest absolute Gasteiger partial charge is 0.394 e. The molecule has 0 aliphatic carbocycles. The monoisotopic (exact) mass is 268 g/mol. The molecule has 0 bridgehead atoms. The highest BCUT2D eigenvalue weighted by Crippen LogP contribution is 2.11. The van der Waals surface area contributed by atoms with Gasteiger partial charge in [0.1, 0.15) is 0 Å². The molecule has 0 spiro atoms. The Balaban J connectivity index is 2.31. The third-order valence-corrected chi connectivity index (χ3v) is 2.34. The second-order valence-electron chi connectivity index (χ2n) is 3.74. The second kappa shape index (κ2) is 8.30. The summed E-state index contributed by atoms with van der Waals surface area (Å²) in [6.07, 6.45) is 0. The van der Waals surface area contributed by atoms with Crippen molar-refractivity contribution in [3.05, 3.63) is 39.9 Å². The molecule has 104 valence electrons. The number of ether oxygens (including phenoxy) is 1. The van der Waals surface area contributed by atoms with E-state index in [0.29, 0.717) is 18.7 Å². The summed E-state index contributed by atoms with van der Waals surface area (Å²) < 4.78 is 5.01. The van der Waals surface area contributed by atoms with Crippen molar-refractivity contribution in [2.24, 2.45) is 0 Å². The van der Waals surface area contributed by atoms with E-state index in [0.717, 1.165) is 0 Å². The number of nitro benzene ring substituents is 1. The first-order valence-corrected chi connectivity index (χ1v) is 5.82. The summed E-state index contributed by atoms with van der Waals surface area (Å²) in [6.45, 7) is 1.30. The summed E-state index contributed by atoms with van der Waals surface area (Å²) in [5.41, 5.74) is 0.385. The molecule has 0 radical (unpaired) electrons. The number of non-ortho nitro benzene ring substituents is 1. The number of aliphatic hydroxyl groups excluding tert-OH is 1. The first kappa shape index (κ1) is 15.2. The Labute approximate surface area is 110 Å². The average Bonchev–Trinajstić information content (AvgIpc) is 2.42. The van der Waals surface area contributed by atoms with E-state index in [1.54, 1.807) is 0 Å². The van der Waals surface area contributed by atoms with Gasteiger partial charge in [0.05, 0.1) is 31.3 Å². The molecule has 1 aromatic rings. The number of hydrogen-bond acceptors (Lipinski definition) is 6. The van der Waals surface area contributed by atoms with Gasteiger partial charge in [-0.05, 0) is 12.1 Å². The Morgan fingerprint density at radius 1 is 1.32 bits per heavy atom. The summed E-state index contributed by atoms with van der Waals surface area (Å²) in [6, 6.07) is 5.48. The van der Waals surface area contributed by atoms with Crippen LogP contribution in [0, 0.1) is 10.1 Å². The van der Waals surface area contributed by atoms with Gasteiger partial charge in [0.2, 0.25) is 0 Å². The summed E-state index contributed by atoms with van der Waals surface area (Å²) in [5, 5.41) is 21.8. The van der Waals surface area contributed by atoms with Gasteiger partial charge in [-0.3, -0.25) is 14.9 Å². The number of rotatable bonds is 9. The minimum absolute atomic E-state index is 0.0261. The van der Waals surface area contributed by atoms with Gasteiger partial charge in [-0.25, -0.2) is 0 Å². The molecule has 2 N–H and O–H groups in total. The van der Waals surface area contributed by atoms with Crippen molar-refractivity contribution in [3.63, 3.8) is 0 Å². The topological polar surface area (TPSA) is 102 Å². The molecule has 0 fully saturated rings. The zero-order valence-electron chi connectivity index (χ0n) is 10.4. The van der Waals surface area contributed by atoms with Crippen LogP contribution in [-0.2, 0) is 4.74 Å². The minimum Gasteiger partial charge on any atom is -0.394 e. The predicted octanol–water partition coefficient (Wildman–Crippen LogP) is 0.376. The van der Waals surface area contributed by atoms with Crippen LogP contribution in [0.1, 0.15) is 10.4 Å². The van der Waals surface area contributed by atoms with Gasteiger partial charge >= 0.3 is 0 Å². The third-order valence-electron chi connectivity index (χ3n) is 2.34. The van der Waals surface area contributed by atoms with Gasteiger partial charge in [-0.2, -0.15) is 0 Å². The summed E-state index contributed by atoms with van der Waals surface area (Å²) in [7, 11) is 0. The number of Topliss-reactive ketones (excluding diaryl/α,β-unsaturated/α-hetero) is 1. The Bertz CT molecular complexity index is 419. The predicted molar refractivity (Wildman–Crippen MR) is 68.2 cm³/mol. The number of carbonyl (C=O) groups excluding carboxylic acids is 1. The van der Waals surface area contributed by atoms with Gasteiger partial charge in [0, 0.05) is 24.2 Å². The molecule has 1 rings (SSSR count). The molecule has 19 heavy (non-hydrogen) atoms. The Kier molecular flexibility index (Phi) is 6.65. The Morgan fingerprint density at radius 2 is 2.00 bits per heavy atom. The van der Waals surface area contributed by atoms with Gasteiger partial charge in [0.15, 0.2) is 5.78 Å². The van der Waals surface area contributed by atoms with Crippen molar-refractivity contribution in [2.45, 2.75) is 0 Å². The van der Waals surface area contributed by atoms with Crippen LogP contribution in [-0.4, -0.2) is 48.7 Å². The highest BCUT2D eigenvalue weighted by molar-refractivity contribution is 5.97. The van der Waals surface area contributed by atoms with E-state index in [1.807, 2.05) is 0 Å². The number of nitrogens with one attached hydrogen (secondary N) is 1. The van der Waals surface area contributed by atoms with Crippen LogP contribution in [0.25, 0.3) is 0 Å². The molecule has 1 aromatic carbocycles. The molecular formula is C12H16N2O5. The van der Waals surface area contributed by atoms with Crippen LogP contribution in [0.4, 0.5) is 5.69 Å². The van der Waals surface area contributed by atoms with E-state index in [1.165, 1.54) is 24.3 Å². The van der Waals surface area contributed by atoms with Gasteiger partial charge in [0.25, 0.3) is 5.69 Å². The SMILES string of the molecule is O=C(CNCCOCCO)c1ccc([N+](=O)[O-])cc1. The zero-order chi connectivity index (χ0) is 14.1. The van der Waals surface area contributed by atoms with Gasteiger partial charge in [-0.15, -0.1) is 0 Å². The lowest BCUT2D eigenvalue weighted by Gasteiger charge is -2.04. The number of nitro groups is 1.